The number of carbonyl (C=O) groups excluding carboxylic acids is 1. The summed E-state index contributed by atoms with van der Waals surface area (Å²) in [4.78, 5) is 23.8. The van der Waals surface area contributed by atoms with Crippen LogP contribution in [0, 0.1) is 13.8 Å². The van der Waals surface area contributed by atoms with Crippen molar-refractivity contribution in [3.8, 4) is 5.75 Å². The lowest BCUT2D eigenvalue weighted by Crippen LogP contribution is -2.11. The molecule has 0 bridgehead atoms. The van der Waals surface area contributed by atoms with E-state index in [0.717, 1.165) is 11.1 Å². The predicted octanol–water partition coefficient (Wildman–Crippen LogP) is 3.63. The number of hydrogen-bond donors (Lipinski definition) is 0. The van der Waals surface area contributed by atoms with E-state index >= 15 is 0 Å². The van der Waals surface area contributed by atoms with Crippen molar-refractivity contribution in [1.29, 1.82) is 0 Å². The van der Waals surface area contributed by atoms with Crippen LogP contribution in [0.2, 0.25) is 0 Å². The van der Waals surface area contributed by atoms with Gasteiger partial charge in [-0.2, -0.15) is 0 Å². The lowest BCUT2D eigenvalue weighted by molar-refractivity contribution is 0.0736. The van der Waals surface area contributed by atoms with Gasteiger partial charge in [0, 0.05) is 0 Å². The summed E-state index contributed by atoms with van der Waals surface area (Å²) in [5.41, 5.74) is 2.38. The molecular formula is C18H14O4. The molecule has 1 heterocycles. The van der Waals surface area contributed by atoms with Gasteiger partial charge in [-0.15, -0.1) is 0 Å². The number of benzene rings is 2. The van der Waals surface area contributed by atoms with Crippen molar-refractivity contribution in [1.82, 2.24) is 0 Å². The van der Waals surface area contributed by atoms with Crippen molar-refractivity contribution in [2.75, 3.05) is 0 Å². The Morgan fingerprint density at radius 1 is 1.00 bits per heavy atom. The van der Waals surface area contributed by atoms with Gasteiger partial charge in [0.2, 0.25) is 0 Å². The van der Waals surface area contributed by atoms with Gasteiger partial charge in [-0.3, -0.25) is 0 Å². The largest absolute Gasteiger partial charge is 0.422 e. The van der Waals surface area contributed by atoms with E-state index in [1.165, 1.54) is 6.07 Å². The minimum Gasteiger partial charge on any atom is -0.422 e. The number of rotatable bonds is 2. The predicted molar refractivity (Wildman–Crippen MR) is 83.4 cm³/mol. The molecule has 4 nitrogen and oxygen atoms in total. The van der Waals surface area contributed by atoms with Crippen molar-refractivity contribution in [2.45, 2.75) is 13.8 Å². The van der Waals surface area contributed by atoms with E-state index in [-0.39, 0.29) is 5.75 Å². The van der Waals surface area contributed by atoms with Crippen molar-refractivity contribution >= 4 is 16.9 Å². The molecule has 1 aromatic heterocycles. The van der Waals surface area contributed by atoms with Crippen LogP contribution in [-0.2, 0) is 0 Å². The summed E-state index contributed by atoms with van der Waals surface area (Å²) in [6.07, 6.45) is 0. The third-order valence-electron chi connectivity index (χ3n) is 3.56. The van der Waals surface area contributed by atoms with Gasteiger partial charge in [0.15, 0.2) is 0 Å². The molecule has 0 amide bonds. The fourth-order valence-electron chi connectivity index (χ4n) is 2.19. The molecule has 2 aromatic carbocycles. The molecule has 110 valence electrons. The maximum absolute atomic E-state index is 12.3. The van der Waals surface area contributed by atoms with Gasteiger partial charge >= 0.3 is 11.6 Å². The Bertz CT molecular complexity index is 922. The summed E-state index contributed by atoms with van der Waals surface area (Å²) < 4.78 is 10.5. The van der Waals surface area contributed by atoms with Gasteiger partial charge in [-0.25, -0.2) is 9.59 Å². The lowest BCUT2D eigenvalue weighted by atomic mass is 10.1. The second-order valence-corrected chi connectivity index (χ2v) is 5.11. The first-order valence-corrected chi connectivity index (χ1v) is 6.87. The van der Waals surface area contributed by atoms with E-state index in [0.29, 0.717) is 16.5 Å². The Balaban J connectivity index is 2.00. The molecule has 0 unspecified atom stereocenters. The zero-order valence-electron chi connectivity index (χ0n) is 12.3. The second kappa shape index (κ2) is 5.48. The van der Waals surface area contributed by atoms with Crippen LogP contribution in [0.4, 0.5) is 0 Å². The lowest BCUT2D eigenvalue weighted by Gasteiger charge is -2.08. The zero-order valence-corrected chi connectivity index (χ0v) is 12.3. The SMILES string of the molecule is Cc1ccc(C(=O)Oc2cc(=O)oc3ccccc23)cc1C. The van der Waals surface area contributed by atoms with Crippen molar-refractivity contribution in [3.05, 3.63) is 75.6 Å². The van der Waals surface area contributed by atoms with Crippen LogP contribution in [-0.4, -0.2) is 5.97 Å². The van der Waals surface area contributed by atoms with Crippen LogP contribution in [0.25, 0.3) is 11.0 Å². The fourth-order valence-corrected chi connectivity index (χ4v) is 2.19. The number of aryl methyl sites for hydroxylation is 2. The maximum Gasteiger partial charge on any atom is 0.343 e. The Labute approximate surface area is 127 Å². The molecular weight excluding hydrogens is 280 g/mol. The standard InChI is InChI=1S/C18H14O4/c1-11-7-8-13(9-12(11)2)18(20)22-16-10-17(19)21-15-6-4-3-5-14(15)16/h3-10H,1-2H3. The topological polar surface area (TPSA) is 56.5 Å². The minimum atomic E-state index is -0.554. The molecule has 0 atom stereocenters. The average Bonchev–Trinajstić information content (AvgIpc) is 2.49. The summed E-state index contributed by atoms with van der Waals surface area (Å²) in [6.45, 7) is 3.90. The third kappa shape index (κ3) is 2.63. The molecule has 4 heteroatoms. The molecule has 0 aliphatic rings. The molecule has 0 aliphatic heterocycles. The highest BCUT2D eigenvalue weighted by atomic mass is 16.5. The highest BCUT2D eigenvalue weighted by molar-refractivity contribution is 5.94. The number of carbonyl (C=O) groups is 1. The maximum atomic E-state index is 12.3. The average molecular weight is 294 g/mol. The Kier molecular flexibility index (Phi) is 3.51. The van der Waals surface area contributed by atoms with E-state index in [2.05, 4.69) is 0 Å². The minimum absolute atomic E-state index is 0.204. The first-order chi connectivity index (χ1) is 10.5. The number of esters is 1. The van der Waals surface area contributed by atoms with Gasteiger partial charge < -0.3 is 9.15 Å². The highest BCUT2D eigenvalue weighted by Crippen LogP contribution is 2.24. The second-order valence-electron chi connectivity index (χ2n) is 5.11. The van der Waals surface area contributed by atoms with Crippen LogP contribution in [0.1, 0.15) is 21.5 Å². The molecule has 0 fully saturated rings. The summed E-state index contributed by atoms with van der Waals surface area (Å²) in [5.74, 6) is -0.297. The van der Waals surface area contributed by atoms with Crippen LogP contribution < -0.4 is 10.4 Å². The van der Waals surface area contributed by atoms with Gasteiger partial charge in [-0.05, 0) is 49.2 Å². The van der Waals surface area contributed by atoms with Gasteiger partial charge in [0.05, 0.1) is 17.0 Å². The van der Waals surface area contributed by atoms with Crippen LogP contribution in [0.5, 0.6) is 5.75 Å². The molecule has 3 rings (SSSR count). The molecule has 0 saturated heterocycles. The smallest absolute Gasteiger partial charge is 0.343 e. The van der Waals surface area contributed by atoms with Crippen LogP contribution in [0.15, 0.2) is 57.7 Å². The van der Waals surface area contributed by atoms with Crippen molar-refractivity contribution < 1.29 is 13.9 Å². The van der Waals surface area contributed by atoms with Crippen molar-refractivity contribution in [3.63, 3.8) is 0 Å². The summed E-state index contributed by atoms with van der Waals surface area (Å²) in [5, 5.41) is 0.583. The van der Waals surface area contributed by atoms with E-state index in [1.54, 1.807) is 36.4 Å². The monoisotopic (exact) mass is 294 g/mol. The van der Waals surface area contributed by atoms with Crippen molar-refractivity contribution in [2.24, 2.45) is 0 Å². The zero-order chi connectivity index (χ0) is 15.7. The quantitative estimate of drug-likeness (QED) is 0.535. The van der Waals surface area contributed by atoms with E-state index in [1.807, 2.05) is 19.9 Å². The summed E-state index contributed by atoms with van der Waals surface area (Å²) in [7, 11) is 0. The summed E-state index contributed by atoms with van der Waals surface area (Å²) in [6, 6.07) is 13.5. The fraction of sp³-hybridized carbons (Fsp3) is 0.111. The van der Waals surface area contributed by atoms with Gasteiger partial charge in [0.1, 0.15) is 11.3 Å². The molecule has 0 radical (unpaired) electrons. The molecule has 0 N–H and O–H groups in total. The number of ether oxygens (including phenoxy) is 1. The molecule has 3 aromatic rings. The van der Waals surface area contributed by atoms with E-state index in [9.17, 15) is 9.59 Å². The normalized spacial score (nSPS) is 10.6. The van der Waals surface area contributed by atoms with Crippen LogP contribution in [0.3, 0.4) is 0 Å². The Morgan fingerprint density at radius 3 is 2.55 bits per heavy atom. The van der Waals surface area contributed by atoms with E-state index in [4.69, 9.17) is 9.15 Å². The summed E-state index contributed by atoms with van der Waals surface area (Å²) >= 11 is 0. The number of hydrogen-bond acceptors (Lipinski definition) is 4. The number of fused-ring (bicyclic) bond motifs is 1. The molecule has 0 spiro atoms. The molecule has 22 heavy (non-hydrogen) atoms. The number of para-hydroxylation sites is 1. The van der Waals surface area contributed by atoms with Gasteiger partial charge in [-0.1, -0.05) is 18.2 Å². The molecule has 0 saturated carbocycles. The van der Waals surface area contributed by atoms with E-state index < -0.39 is 11.6 Å². The Hall–Kier alpha value is -2.88. The molecule has 0 aliphatic carbocycles. The van der Waals surface area contributed by atoms with Gasteiger partial charge in [0.25, 0.3) is 0 Å². The first-order valence-electron chi connectivity index (χ1n) is 6.87. The first kappa shape index (κ1) is 14.1. The third-order valence-corrected chi connectivity index (χ3v) is 3.56. The highest BCUT2D eigenvalue weighted by Gasteiger charge is 2.13. The Morgan fingerprint density at radius 2 is 1.77 bits per heavy atom. The van der Waals surface area contributed by atoms with Crippen LogP contribution >= 0.6 is 0 Å².